The van der Waals surface area contributed by atoms with Crippen molar-refractivity contribution >= 4 is 0 Å². The van der Waals surface area contributed by atoms with Crippen molar-refractivity contribution in [1.82, 2.24) is 10.2 Å². The molecule has 2 nitrogen and oxygen atoms in total. The second-order valence-corrected chi connectivity index (χ2v) is 6.79. The molecule has 1 atom stereocenters. The molecule has 0 radical (unpaired) electrons. The van der Waals surface area contributed by atoms with Crippen molar-refractivity contribution in [1.29, 1.82) is 0 Å². The van der Waals surface area contributed by atoms with Gasteiger partial charge in [0.2, 0.25) is 0 Å². The Morgan fingerprint density at radius 3 is 2.37 bits per heavy atom. The fraction of sp³-hybridized carbons (Fsp3) is 1.00. The first kappa shape index (κ1) is 17.0. The third-order valence-electron chi connectivity index (χ3n) is 4.28. The summed E-state index contributed by atoms with van der Waals surface area (Å²) in [5.41, 5.74) is 0.459. The van der Waals surface area contributed by atoms with E-state index in [1.165, 1.54) is 64.6 Å². The molecule has 0 aliphatic heterocycles. The minimum Gasteiger partial charge on any atom is -0.316 e. The van der Waals surface area contributed by atoms with Crippen LogP contribution in [0.15, 0.2) is 0 Å². The van der Waals surface area contributed by atoms with Crippen molar-refractivity contribution in [2.45, 2.75) is 78.7 Å². The molecular formula is C17H36N2. The molecule has 1 aliphatic carbocycles. The maximum atomic E-state index is 3.65. The van der Waals surface area contributed by atoms with E-state index in [9.17, 15) is 0 Å². The van der Waals surface area contributed by atoms with Gasteiger partial charge in [-0.1, -0.05) is 40.5 Å². The number of rotatable bonds is 12. The second kappa shape index (κ2) is 8.97. The van der Waals surface area contributed by atoms with Crippen LogP contribution in [0.3, 0.4) is 0 Å². The monoisotopic (exact) mass is 268 g/mol. The maximum Gasteiger partial charge on any atom is 0.00966 e. The molecule has 0 aromatic heterocycles. The lowest BCUT2D eigenvalue weighted by atomic mass is 9.84. The van der Waals surface area contributed by atoms with Crippen LogP contribution in [0.2, 0.25) is 0 Å². The first-order chi connectivity index (χ1) is 9.15. The number of nitrogens with one attached hydrogen (secondary N) is 1. The highest BCUT2D eigenvalue weighted by atomic mass is 15.2. The summed E-state index contributed by atoms with van der Waals surface area (Å²) in [6.07, 6.45) is 9.45. The van der Waals surface area contributed by atoms with Gasteiger partial charge < -0.3 is 5.32 Å². The number of hydrogen-bond acceptors (Lipinski definition) is 2. The third-order valence-corrected chi connectivity index (χ3v) is 4.28. The maximum absolute atomic E-state index is 3.65. The Morgan fingerprint density at radius 2 is 1.84 bits per heavy atom. The zero-order chi connectivity index (χ0) is 14.1. The lowest BCUT2D eigenvalue weighted by molar-refractivity contribution is 0.141. The Bertz CT molecular complexity index is 225. The number of nitrogens with zero attached hydrogens (tertiary/aromatic N) is 1. The highest BCUT2D eigenvalue weighted by Crippen LogP contribution is 2.32. The van der Waals surface area contributed by atoms with Gasteiger partial charge in [-0.05, 0) is 50.6 Å². The molecule has 2 heteroatoms. The predicted molar refractivity (Wildman–Crippen MR) is 85.7 cm³/mol. The molecule has 0 aromatic rings. The van der Waals surface area contributed by atoms with Crippen molar-refractivity contribution in [3.8, 4) is 0 Å². The van der Waals surface area contributed by atoms with Crippen LogP contribution in [0.5, 0.6) is 0 Å². The molecule has 0 aromatic carbocycles. The summed E-state index contributed by atoms with van der Waals surface area (Å²) in [6.45, 7) is 14.3. The van der Waals surface area contributed by atoms with E-state index in [-0.39, 0.29) is 0 Å². The van der Waals surface area contributed by atoms with Gasteiger partial charge in [0.05, 0.1) is 0 Å². The molecule has 0 heterocycles. The Balaban J connectivity index is 2.47. The van der Waals surface area contributed by atoms with E-state index in [1.807, 2.05) is 0 Å². The van der Waals surface area contributed by atoms with Crippen LogP contribution in [-0.2, 0) is 0 Å². The zero-order valence-corrected chi connectivity index (χ0v) is 13.8. The Labute approximate surface area is 121 Å². The summed E-state index contributed by atoms with van der Waals surface area (Å²) in [4.78, 5) is 2.78. The van der Waals surface area contributed by atoms with Crippen molar-refractivity contribution in [2.24, 2.45) is 5.41 Å². The minimum absolute atomic E-state index is 0.459. The topological polar surface area (TPSA) is 15.3 Å². The highest BCUT2D eigenvalue weighted by Gasteiger charge is 2.34. The molecule has 114 valence electrons. The van der Waals surface area contributed by atoms with Gasteiger partial charge in [0, 0.05) is 19.1 Å². The number of unbranched alkanes of at least 4 members (excludes halogenated alkanes) is 1. The molecule has 1 aliphatic rings. The number of hydrogen-bond donors (Lipinski definition) is 1. The summed E-state index contributed by atoms with van der Waals surface area (Å²) in [7, 11) is 0. The zero-order valence-electron chi connectivity index (χ0n) is 13.8. The summed E-state index contributed by atoms with van der Waals surface area (Å²) >= 11 is 0. The van der Waals surface area contributed by atoms with E-state index in [2.05, 4.69) is 37.9 Å². The summed E-state index contributed by atoms with van der Waals surface area (Å²) in [5, 5.41) is 3.65. The largest absolute Gasteiger partial charge is 0.316 e. The summed E-state index contributed by atoms with van der Waals surface area (Å²) in [6, 6.07) is 0.911. The predicted octanol–water partition coefficient (Wildman–Crippen LogP) is 4.06. The summed E-state index contributed by atoms with van der Waals surface area (Å²) < 4.78 is 0. The van der Waals surface area contributed by atoms with Gasteiger partial charge in [0.25, 0.3) is 0 Å². The molecule has 0 bridgehead atoms. The fourth-order valence-corrected chi connectivity index (χ4v) is 3.08. The molecule has 1 saturated carbocycles. The first-order valence-corrected chi connectivity index (χ1v) is 8.60. The molecule has 1 unspecified atom stereocenters. The highest BCUT2D eigenvalue weighted by molar-refractivity contribution is 4.89. The van der Waals surface area contributed by atoms with Crippen LogP contribution >= 0.6 is 0 Å². The normalized spacial score (nSPS) is 18.8. The standard InChI is InChI=1S/C17H36N2/c1-5-8-13-19(16-9-10-16)15-17(4,11-6-2)14-18-12-7-3/h16,18H,5-15H2,1-4H3. The molecule has 0 spiro atoms. The van der Waals surface area contributed by atoms with Crippen molar-refractivity contribution in [2.75, 3.05) is 26.2 Å². The van der Waals surface area contributed by atoms with Gasteiger partial charge >= 0.3 is 0 Å². The quantitative estimate of drug-likeness (QED) is 0.537. The Hall–Kier alpha value is -0.0800. The second-order valence-electron chi connectivity index (χ2n) is 6.79. The van der Waals surface area contributed by atoms with E-state index >= 15 is 0 Å². The smallest absolute Gasteiger partial charge is 0.00966 e. The first-order valence-electron chi connectivity index (χ1n) is 8.60. The van der Waals surface area contributed by atoms with Crippen LogP contribution in [0.4, 0.5) is 0 Å². The van der Waals surface area contributed by atoms with Crippen LogP contribution in [0.1, 0.15) is 72.6 Å². The van der Waals surface area contributed by atoms with Crippen molar-refractivity contribution in [3.63, 3.8) is 0 Å². The molecule has 1 N–H and O–H groups in total. The van der Waals surface area contributed by atoms with Gasteiger partial charge in [-0.25, -0.2) is 0 Å². The fourth-order valence-electron chi connectivity index (χ4n) is 3.08. The van der Waals surface area contributed by atoms with E-state index < -0.39 is 0 Å². The van der Waals surface area contributed by atoms with Gasteiger partial charge in [-0.3, -0.25) is 4.90 Å². The van der Waals surface area contributed by atoms with Crippen molar-refractivity contribution in [3.05, 3.63) is 0 Å². The van der Waals surface area contributed by atoms with Crippen LogP contribution in [0.25, 0.3) is 0 Å². The molecule has 0 saturated heterocycles. The van der Waals surface area contributed by atoms with Gasteiger partial charge in [0.15, 0.2) is 0 Å². The lowest BCUT2D eigenvalue weighted by Gasteiger charge is -2.36. The van der Waals surface area contributed by atoms with Gasteiger partial charge in [0.1, 0.15) is 0 Å². The van der Waals surface area contributed by atoms with Crippen LogP contribution < -0.4 is 5.32 Å². The minimum atomic E-state index is 0.459. The molecular weight excluding hydrogens is 232 g/mol. The molecule has 19 heavy (non-hydrogen) atoms. The van der Waals surface area contributed by atoms with Gasteiger partial charge in [-0.2, -0.15) is 0 Å². The van der Waals surface area contributed by atoms with E-state index in [1.54, 1.807) is 0 Å². The van der Waals surface area contributed by atoms with Crippen molar-refractivity contribution < 1.29 is 0 Å². The lowest BCUT2D eigenvalue weighted by Crippen LogP contribution is -2.43. The molecule has 1 rings (SSSR count). The molecule has 0 amide bonds. The average molecular weight is 268 g/mol. The van der Waals surface area contributed by atoms with Crippen LogP contribution in [-0.4, -0.2) is 37.1 Å². The van der Waals surface area contributed by atoms with E-state index in [0.717, 1.165) is 12.6 Å². The third kappa shape index (κ3) is 6.76. The Morgan fingerprint density at radius 1 is 1.11 bits per heavy atom. The van der Waals surface area contributed by atoms with Crippen LogP contribution in [0, 0.1) is 5.41 Å². The van der Waals surface area contributed by atoms with E-state index in [0.29, 0.717) is 5.41 Å². The van der Waals surface area contributed by atoms with E-state index in [4.69, 9.17) is 0 Å². The SMILES string of the molecule is CCCCN(CC(C)(CCC)CNCCC)C1CC1. The van der Waals surface area contributed by atoms with Gasteiger partial charge in [-0.15, -0.1) is 0 Å². The Kier molecular flexibility index (Phi) is 8.01. The average Bonchev–Trinajstić information content (AvgIpc) is 3.19. The summed E-state index contributed by atoms with van der Waals surface area (Å²) in [5.74, 6) is 0. The molecule has 1 fully saturated rings.